The smallest absolute Gasteiger partial charge is 0.341 e. The van der Waals surface area contributed by atoms with Gasteiger partial charge in [0, 0.05) is 18.0 Å². The summed E-state index contributed by atoms with van der Waals surface area (Å²) < 4.78 is -0.00651. The van der Waals surface area contributed by atoms with Gasteiger partial charge in [-0.05, 0) is 37.6 Å². The van der Waals surface area contributed by atoms with Crippen LogP contribution in [0.1, 0.15) is 31.9 Å². The lowest BCUT2D eigenvalue weighted by molar-refractivity contribution is -0.208. The molecule has 0 fully saturated rings. The summed E-state index contributed by atoms with van der Waals surface area (Å²) in [5.41, 5.74) is 3.60. The Bertz CT molecular complexity index is 871. The molecule has 4 nitrogen and oxygen atoms in total. The zero-order valence-corrected chi connectivity index (χ0v) is 15.5. The molecule has 0 radical (unpaired) electrons. The van der Waals surface area contributed by atoms with Crippen LogP contribution in [0.5, 0.6) is 0 Å². The van der Waals surface area contributed by atoms with E-state index in [1.54, 1.807) is 13.8 Å². The summed E-state index contributed by atoms with van der Waals surface area (Å²) in [4.78, 5) is 17.7. The summed E-state index contributed by atoms with van der Waals surface area (Å²) in [5, 5.41) is 10.2. The van der Waals surface area contributed by atoms with Crippen molar-refractivity contribution in [3.63, 3.8) is 0 Å². The molecule has 2 aromatic rings. The first-order valence-corrected chi connectivity index (χ1v) is 8.42. The second-order valence-corrected chi connectivity index (χ2v) is 7.25. The molecule has 0 aromatic heterocycles. The molecule has 0 amide bonds. The Balaban J connectivity index is 2.20. The number of fused-ring (bicyclic) bond motifs is 1. The van der Waals surface area contributed by atoms with Gasteiger partial charge in [-0.2, -0.15) is 4.84 Å². The van der Waals surface area contributed by atoms with E-state index in [9.17, 15) is 9.90 Å². The standard InChI is InChI=1S/C20H20ClNO3/c1-13-18(14-9-11-15(21)12-10-14)16-7-5-6-8-17(16)22(13,4)25-20(2,3)19(23)24/h5-12H,1-4H3/p+1. The second kappa shape index (κ2) is 5.99. The van der Waals surface area contributed by atoms with Crippen molar-refractivity contribution in [2.45, 2.75) is 26.4 Å². The molecule has 2 aromatic carbocycles. The van der Waals surface area contributed by atoms with Crippen LogP contribution < -0.4 is 4.65 Å². The van der Waals surface area contributed by atoms with Crippen LogP contribution in [-0.2, 0) is 9.63 Å². The average Bonchev–Trinajstić information content (AvgIpc) is 2.76. The number of allylic oxidation sites excluding steroid dienone is 1. The zero-order valence-electron chi connectivity index (χ0n) is 14.7. The Morgan fingerprint density at radius 1 is 1.12 bits per heavy atom. The van der Waals surface area contributed by atoms with Gasteiger partial charge in [0.05, 0.1) is 11.1 Å². The number of aliphatic carboxylic acids is 1. The Hall–Kier alpha value is -2.14. The number of benzene rings is 2. The van der Waals surface area contributed by atoms with Crippen LogP contribution in [0.2, 0.25) is 5.02 Å². The third-order valence-corrected chi connectivity index (χ3v) is 4.95. The maximum Gasteiger partial charge on any atom is 0.341 e. The van der Waals surface area contributed by atoms with Crippen LogP contribution in [-0.4, -0.2) is 23.7 Å². The predicted octanol–water partition coefficient (Wildman–Crippen LogP) is 4.86. The van der Waals surface area contributed by atoms with Crippen molar-refractivity contribution in [2.24, 2.45) is 0 Å². The minimum atomic E-state index is -1.33. The molecular formula is C20H21ClNO3+. The molecule has 1 unspecified atom stereocenters. The van der Waals surface area contributed by atoms with Crippen molar-refractivity contribution in [2.75, 3.05) is 7.05 Å². The number of hydroxylamine groups is 2. The van der Waals surface area contributed by atoms with Crippen LogP contribution in [0.4, 0.5) is 5.69 Å². The van der Waals surface area contributed by atoms with Gasteiger partial charge in [-0.3, -0.25) is 0 Å². The molecule has 0 aliphatic carbocycles. The summed E-state index contributed by atoms with van der Waals surface area (Å²) in [5.74, 6) is -1.00. The van der Waals surface area contributed by atoms with Crippen molar-refractivity contribution in [1.82, 2.24) is 4.65 Å². The summed E-state index contributed by atoms with van der Waals surface area (Å²) in [7, 11) is 1.88. The Morgan fingerprint density at radius 3 is 2.32 bits per heavy atom. The van der Waals surface area contributed by atoms with Crippen molar-refractivity contribution in [3.05, 3.63) is 70.4 Å². The number of carboxylic acids is 1. The lowest BCUT2D eigenvalue weighted by atomic mass is 9.98. The van der Waals surface area contributed by atoms with E-state index in [4.69, 9.17) is 16.4 Å². The number of carboxylic acid groups (broad SMARTS) is 1. The number of quaternary nitrogens is 1. The van der Waals surface area contributed by atoms with Crippen LogP contribution >= 0.6 is 11.6 Å². The SMILES string of the molecule is CC1=C(c2ccc(Cl)cc2)c2ccccc2[N+]1(C)OC(C)(C)C(=O)O. The van der Waals surface area contributed by atoms with Gasteiger partial charge in [0.15, 0.2) is 11.4 Å². The number of rotatable bonds is 4. The normalized spacial score (nSPS) is 19.9. The lowest BCUT2D eigenvalue weighted by Crippen LogP contribution is -2.51. The van der Waals surface area contributed by atoms with Gasteiger partial charge in [0.2, 0.25) is 5.60 Å². The summed E-state index contributed by atoms with van der Waals surface area (Å²) in [6.45, 7) is 5.10. The number of halogens is 1. The van der Waals surface area contributed by atoms with Gasteiger partial charge < -0.3 is 5.11 Å². The number of carbonyl (C=O) groups is 1. The van der Waals surface area contributed by atoms with Gasteiger partial charge in [-0.15, -0.1) is 4.65 Å². The topological polar surface area (TPSA) is 46.5 Å². The second-order valence-electron chi connectivity index (χ2n) is 6.82. The molecule has 3 rings (SSSR count). The van der Waals surface area contributed by atoms with E-state index in [1.807, 2.05) is 62.5 Å². The van der Waals surface area contributed by atoms with Crippen LogP contribution in [0.3, 0.4) is 0 Å². The third-order valence-electron chi connectivity index (χ3n) is 4.69. The molecular weight excluding hydrogens is 338 g/mol. The van der Waals surface area contributed by atoms with Gasteiger partial charge in [-0.1, -0.05) is 35.9 Å². The highest BCUT2D eigenvalue weighted by molar-refractivity contribution is 6.30. The van der Waals surface area contributed by atoms with Crippen LogP contribution in [0.25, 0.3) is 5.57 Å². The Labute approximate surface area is 152 Å². The maximum atomic E-state index is 11.6. The quantitative estimate of drug-likeness (QED) is 0.793. The highest BCUT2D eigenvalue weighted by atomic mass is 35.5. The minimum absolute atomic E-state index is 0.00651. The molecule has 1 N–H and O–H groups in total. The summed E-state index contributed by atoms with van der Waals surface area (Å²) in [6, 6.07) is 15.6. The fourth-order valence-corrected chi connectivity index (χ4v) is 3.37. The van der Waals surface area contributed by atoms with Crippen molar-refractivity contribution in [1.29, 1.82) is 0 Å². The largest absolute Gasteiger partial charge is 0.479 e. The molecule has 0 saturated carbocycles. The van der Waals surface area contributed by atoms with Crippen molar-refractivity contribution >= 4 is 28.8 Å². The first kappa shape index (κ1) is 17.7. The number of para-hydroxylation sites is 1. The fraction of sp³-hybridized carbons (Fsp3) is 0.250. The molecule has 130 valence electrons. The number of hydrogen-bond acceptors (Lipinski definition) is 2. The monoisotopic (exact) mass is 358 g/mol. The van der Waals surface area contributed by atoms with Crippen LogP contribution in [0.15, 0.2) is 54.2 Å². The highest BCUT2D eigenvalue weighted by Crippen LogP contribution is 2.48. The molecule has 1 aliphatic heterocycles. The van der Waals surface area contributed by atoms with E-state index in [0.29, 0.717) is 5.02 Å². The van der Waals surface area contributed by atoms with Crippen molar-refractivity contribution < 1.29 is 14.7 Å². The van der Waals surface area contributed by atoms with Gasteiger partial charge >= 0.3 is 5.97 Å². The molecule has 0 bridgehead atoms. The summed E-state index contributed by atoms with van der Waals surface area (Å²) >= 11 is 6.02. The molecule has 5 heteroatoms. The van der Waals surface area contributed by atoms with E-state index in [2.05, 4.69) is 0 Å². The first-order chi connectivity index (χ1) is 11.7. The molecule has 1 atom stereocenters. The molecule has 1 aliphatic rings. The molecule has 25 heavy (non-hydrogen) atoms. The number of nitrogens with zero attached hydrogens (tertiary/aromatic N) is 1. The molecule has 0 saturated heterocycles. The first-order valence-electron chi connectivity index (χ1n) is 8.05. The predicted molar refractivity (Wildman–Crippen MR) is 100 cm³/mol. The van der Waals surface area contributed by atoms with Gasteiger partial charge in [0.1, 0.15) is 7.05 Å². The van der Waals surface area contributed by atoms with Crippen molar-refractivity contribution in [3.8, 4) is 0 Å². The Morgan fingerprint density at radius 2 is 1.72 bits per heavy atom. The summed E-state index contributed by atoms with van der Waals surface area (Å²) in [6.07, 6.45) is 0. The van der Waals surface area contributed by atoms with Crippen LogP contribution in [0, 0.1) is 0 Å². The average molecular weight is 359 g/mol. The van der Waals surface area contributed by atoms with E-state index in [-0.39, 0.29) is 4.65 Å². The highest BCUT2D eigenvalue weighted by Gasteiger charge is 2.48. The van der Waals surface area contributed by atoms with E-state index in [1.165, 1.54) is 0 Å². The van der Waals surface area contributed by atoms with Gasteiger partial charge in [0.25, 0.3) is 0 Å². The molecule has 1 heterocycles. The third kappa shape index (κ3) is 2.86. The Kier molecular flexibility index (Phi) is 4.23. The fourth-order valence-electron chi connectivity index (χ4n) is 3.24. The lowest BCUT2D eigenvalue weighted by Gasteiger charge is -2.34. The van der Waals surface area contributed by atoms with E-state index < -0.39 is 11.6 Å². The van der Waals surface area contributed by atoms with E-state index in [0.717, 1.165) is 28.1 Å². The van der Waals surface area contributed by atoms with Gasteiger partial charge in [-0.25, -0.2) is 4.79 Å². The zero-order chi connectivity index (χ0) is 18.4. The number of hydrogen-bond donors (Lipinski definition) is 1. The molecule has 0 spiro atoms. The maximum absolute atomic E-state index is 11.6. The van der Waals surface area contributed by atoms with E-state index >= 15 is 0 Å². The minimum Gasteiger partial charge on any atom is -0.479 e.